The van der Waals surface area contributed by atoms with Crippen molar-refractivity contribution in [2.45, 2.75) is 58.0 Å². The normalized spacial score (nSPS) is 15.3. The number of nitrogens with zero attached hydrogens (tertiary/aromatic N) is 5. The summed E-state index contributed by atoms with van der Waals surface area (Å²) in [5.41, 5.74) is 0.383. The van der Waals surface area contributed by atoms with E-state index in [2.05, 4.69) is 14.7 Å². The van der Waals surface area contributed by atoms with Crippen molar-refractivity contribution in [2.75, 3.05) is 13.1 Å². The molecule has 2 aromatic heterocycles. The van der Waals surface area contributed by atoms with E-state index in [0.717, 1.165) is 5.56 Å². The molecule has 42 heavy (non-hydrogen) atoms. The van der Waals surface area contributed by atoms with Crippen LogP contribution in [0.1, 0.15) is 45.0 Å². The van der Waals surface area contributed by atoms with E-state index < -0.39 is 23.9 Å². The first-order chi connectivity index (χ1) is 19.8. The molecule has 1 aliphatic rings. The van der Waals surface area contributed by atoms with Crippen LogP contribution in [0.3, 0.4) is 0 Å². The number of hydrogen-bond donors (Lipinski definition) is 1. The molecule has 1 amide bonds. The van der Waals surface area contributed by atoms with Crippen LogP contribution in [0.2, 0.25) is 0 Å². The van der Waals surface area contributed by atoms with E-state index in [1.807, 2.05) is 6.07 Å². The number of ether oxygens (including phenoxy) is 2. The minimum Gasteiger partial charge on any atom is -0.444 e. The number of para-hydroxylation sites is 1. The molecule has 0 saturated carbocycles. The molecule has 1 saturated heterocycles. The van der Waals surface area contributed by atoms with E-state index in [9.17, 15) is 23.5 Å². The van der Waals surface area contributed by atoms with Gasteiger partial charge in [-0.1, -0.05) is 24.3 Å². The summed E-state index contributed by atoms with van der Waals surface area (Å²) in [6, 6.07) is 11.8. The molecule has 0 unspecified atom stereocenters. The van der Waals surface area contributed by atoms with Crippen molar-refractivity contribution in [1.29, 1.82) is 0 Å². The number of hydrogen-bond acceptors (Lipinski definition) is 7. The molecule has 10 nitrogen and oxygen atoms in total. The number of piperidine rings is 1. The van der Waals surface area contributed by atoms with Gasteiger partial charge in [0.1, 0.15) is 17.0 Å². The number of carbonyl (C=O) groups is 1. The van der Waals surface area contributed by atoms with Crippen LogP contribution in [0, 0.1) is 0 Å². The van der Waals surface area contributed by atoms with Gasteiger partial charge in [0.05, 0.1) is 17.4 Å². The van der Waals surface area contributed by atoms with Gasteiger partial charge < -0.3 is 19.5 Å². The predicted octanol–water partition coefficient (Wildman–Crippen LogP) is 4.67. The predicted molar refractivity (Wildman–Crippen MR) is 151 cm³/mol. The molecule has 12 heteroatoms. The first-order valence-corrected chi connectivity index (χ1v) is 13.6. The zero-order valence-electron chi connectivity index (χ0n) is 23.9. The molecule has 222 valence electrons. The van der Waals surface area contributed by atoms with Gasteiger partial charge in [0.25, 0.3) is 5.56 Å². The maximum atomic E-state index is 13.0. The highest BCUT2D eigenvalue weighted by Gasteiger charge is 2.39. The molecular weight excluding hydrogens is 548 g/mol. The average Bonchev–Trinajstić information content (AvgIpc) is 3.17. The van der Waals surface area contributed by atoms with Crippen LogP contribution in [-0.2, 0) is 23.9 Å². The Morgan fingerprint density at radius 2 is 1.74 bits per heavy atom. The summed E-state index contributed by atoms with van der Waals surface area (Å²) in [6.07, 6.45) is 3.34. The Morgan fingerprint density at radius 1 is 1.07 bits per heavy atom. The molecule has 0 aliphatic carbocycles. The highest BCUT2D eigenvalue weighted by atomic mass is 19.3. The van der Waals surface area contributed by atoms with Gasteiger partial charge in [-0.05, 0) is 44.5 Å². The maximum absolute atomic E-state index is 13.0. The van der Waals surface area contributed by atoms with Gasteiger partial charge in [0, 0.05) is 56.5 Å². The quantitative estimate of drug-likeness (QED) is 0.352. The number of rotatable bonds is 6. The van der Waals surface area contributed by atoms with Crippen LogP contribution in [0.15, 0.2) is 59.7 Å². The fourth-order valence-electron chi connectivity index (χ4n) is 5.08. The Kier molecular flexibility index (Phi) is 7.76. The highest BCUT2D eigenvalue weighted by molar-refractivity contribution is 5.84. The topological polar surface area (TPSA) is 112 Å². The van der Waals surface area contributed by atoms with Gasteiger partial charge in [-0.2, -0.15) is 8.78 Å². The number of fused-ring (bicyclic) bond motifs is 1. The molecule has 0 radical (unpaired) electrons. The number of likely N-dealkylation sites (tertiary alicyclic amines) is 1. The van der Waals surface area contributed by atoms with E-state index in [1.54, 1.807) is 80.1 Å². The number of aliphatic hydroxyl groups is 1. The summed E-state index contributed by atoms with van der Waals surface area (Å²) in [4.78, 5) is 35.8. The zero-order chi connectivity index (χ0) is 30.2. The minimum absolute atomic E-state index is 0.0387. The monoisotopic (exact) mass is 581 g/mol. The summed E-state index contributed by atoms with van der Waals surface area (Å²) in [5.74, 6) is 0.306. The lowest BCUT2D eigenvalue weighted by Crippen LogP contribution is -2.47. The largest absolute Gasteiger partial charge is 0.444 e. The van der Waals surface area contributed by atoms with Crippen LogP contribution in [0.25, 0.3) is 22.0 Å². The third kappa shape index (κ3) is 5.98. The van der Waals surface area contributed by atoms with Crippen molar-refractivity contribution in [2.24, 2.45) is 7.05 Å². The highest BCUT2D eigenvalue weighted by Crippen LogP contribution is 2.32. The second-order valence-electron chi connectivity index (χ2n) is 11.4. The number of halogens is 2. The molecule has 0 bridgehead atoms. The van der Waals surface area contributed by atoms with Gasteiger partial charge in [-0.3, -0.25) is 14.2 Å². The molecular formula is C30H33F2N5O5. The van der Waals surface area contributed by atoms with E-state index in [1.165, 1.54) is 10.7 Å². The Bertz CT molecular complexity index is 1650. The van der Waals surface area contributed by atoms with Gasteiger partial charge >= 0.3 is 12.7 Å². The molecule has 5 rings (SSSR count). The Balaban J connectivity index is 1.38. The summed E-state index contributed by atoms with van der Waals surface area (Å²) < 4.78 is 39.2. The van der Waals surface area contributed by atoms with Gasteiger partial charge in [0.15, 0.2) is 5.82 Å². The zero-order valence-corrected chi connectivity index (χ0v) is 23.9. The minimum atomic E-state index is -2.97. The summed E-state index contributed by atoms with van der Waals surface area (Å²) in [5, 5.41) is 11.7. The lowest BCUT2D eigenvalue weighted by molar-refractivity contribution is -0.0505. The molecule has 0 atom stereocenters. The van der Waals surface area contributed by atoms with Crippen molar-refractivity contribution in [3.8, 4) is 16.9 Å². The smallest absolute Gasteiger partial charge is 0.410 e. The number of alkyl halides is 2. The van der Waals surface area contributed by atoms with Crippen LogP contribution in [-0.4, -0.2) is 60.7 Å². The van der Waals surface area contributed by atoms with E-state index >= 15 is 0 Å². The van der Waals surface area contributed by atoms with Crippen molar-refractivity contribution in [3.05, 3.63) is 76.6 Å². The fourth-order valence-corrected chi connectivity index (χ4v) is 5.08. The molecule has 1 aliphatic heterocycles. The van der Waals surface area contributed by atoms with E-state index in [0.29, 0.717) is 35.1 Å². The SMILES string of the molecule is Cn1c(=O)c2ccc(-c3cnc(C4(O)CCN(C(=O)OC(C)(C)C)CC4)nc3)cc2n1Cc1ccccc1OC(F)F. The summed E-state index contributed by atoms with van der Waals surface area (Å²) in [6.45, 7) is 3.20. The van der Waals surface area contributed by atoms with Crippen molar-refractivity contribution >= 4 is 17.0 Å². The molecule has 4 aromatic rings. The van der Waals surface area contributed by atoms with Crippen molar-refractivity contribution in [3.63, 3.8) is 0 Å². The average molecular weight is 582 g/mol. The van der Waals surface area contributed by atoms with Crippen LogP contribution in [0.5, 0.6) is 5.75 Å². The maximum Gasteiger partial charge on any atom is 0.410 e. The van der Waals surface area contributed by atoms with Crippen molar-refractivity contribution in [1.82, 2.24) is 24.2 Å². The first kappa shape index (κ1) is 29.2. The molecule has 0 spiro atoms. The van der Waals surface area contributed by atoms with Crippen LogP contribution < -0.4 is 10.3 Å². The number of aromatic nitrogens is 4. The van der Waals surface area contributed by atoms with Gasteiger partial charge in [-0.25, -0.2) is 14.8 Å². The van der Waals surface area contributed by atoms with Gasteiger partial charge in [-0.15, -0.1) is 0 Å². The Hall–Kier alpha value is -4.32. The van der Waals surface area contributed by atoms with E-state index in [4.69, 9.17) is 4.74 Å². The second kappa shape index (κ2) is 11.2. The molecule has 3 heterocycles. The first-order valence-electron chi connectivity index (χ1n) is 13.6. The van der Waals surface area contributed by atoms with Crippen LogP contribution in [0.4, 0.5) is 13.6 Å². The van der Waals surface area contributed by atoms with Crippen LogP contribution >= 0.6 is 0 Å². The summed E-state index contributed by atoms with van der Waals surface area (Å²) >= 11 is 0. The fraction of sp³-hybridized carbons (Fsp3) is 0.400. The Labute approximate surface area is 241 Å². The van der Waals surface area contributed by atoms with Gasteiger partial charge in [0.2, 0.25) is 0 Å². The third-order valence-corrected chi connectivity index (χ3v) is 7.31. The molecule has 1 fully saturated rings. The number of carbonyl (C=O) groups excluding carboxylic acids is 1. The summed E-state index contributed by atoms with van der Waals surface area (Å²) in [7, 11) is 1.62. The number of amides is 1. The van der Waals surface area contributed by atoms with Crippen molar-refractivity contribution < 1.29 is 28.2 Å². The molecule has 1 N–H and O–H groups in total. The lowest BCUT2D eigenvalue weighted by atomic mass is 9.90. The molecule has 2 aromatic carbocycles. The lowest BCUT2D eigenvalue weighted by Gasteiger charge is -2.37. The number of benzene rings is 2. The standard InChI is InChI=1S/C30H33F2N5O5/c1-29(2,3)42-28(39)36-13-11-30(40,12-14-36)26-33-16-21(17-34-26)19-9-10-22-23(15-19)37(35(4)25(22)38)18-20-7-5-6-8-24(20)41-27(31)32/h5-10,15-17,27,40H,11-14,18H2,1-4H3. The third-order valence-electron chi connectivity index (χ3n) is 7.31. The Morgan fingerprint density at radius 3 is 2.38 bits per heavy atom. The second-order valence-corrected chi connectivity index (χ2v) is 11.4. The van der Waals surface area contributed by atoms with E-state index in [-0.39, 0.29) is 36.5 Å².